The molecule has 1 unspecified atom stereocenters. The number of nitrogens with one attached hydrogen (secondary N) is 2. The number of fused-ring (bicyclic) bond motifs is 1. The van der Waals surface area contributed by atoms with Crippen molar-refractivity contribution in [3.8, 4) is 0 Å². The van der Waals surface area contributed by atoms with Gasteiger partial charge in [-0.25, -0.2) is 4.39 Å². The second kappa shape index (κ2) is 7.38. The quantitative estimate of drug-likeness (QED) is 0.821. The van der Waals surface area contributed by atoms with Crippen molar-refractivity contribution in [2.45, 2.75) is 44.7 Å². The maximum Gasteiger partial charge on any atom is 0.126 e. The van der Waals surface area contributed by atoms with E-state index in [0.29, 0.717) is 12.1 Å². The number of aromatic nitrogens is 1. The standard InChI is InChI=1S/C19H24FN3OS/c1-2-3-15-11-25-19(22-15)17-9-12-8-13(20)10-16(18(12)23-17)21-14-4-6-24-7-5-14/h8-10,14-15,21,23H,2-7,11H2,1H3. The van der Waals surface area contributed by atoms with E-state index in [1.807, 2.05) is 6.07 Å². The van der Waals surface area contributed by atoms with Crippen molar-refractivity contribution in [2.24, 2.45) is 4.99 Å². The summed E-state index contributed by atoms with van der Waals surface area (Å²) in [7, 11) is 0. The summed E-state index contributed by atoms with van der Waals surface area (Å²) in [6.45, 7) is 3.72. The number of anilines is 1. The highest BCUT2D eigenvalue weighted by Gasteiger charge is 2.21. The van der Waals surface area contributed by atoms with E-state index in [0.717, 1.165) is 72.0 Å². The lowest BCUT2D eigenvalue weighted by Gasteiger charge is -2.24. The largest absolute Gasteiger partial charge is 0.381 e. The Balaban J connectivity index is 1.63. The zero-order chi connectivity index (χ0) is 17.2. The molecule has 2 aliphatic heterocycles. The Kier molecular flexibility index (Phi) is 4.99. The normalized spacial score (nSPS) is 21.7. The van der Waals surface area contributed by atoms with E-state index in [1.165, 1.54) is 0 Å². The summed E-state index contributed by atoms with van der Waals surface area (Å²) in [6.07, 6.45) is 4.18. The van der Waals surface area contributed by atoms with Crippen LogP contribution in [0.15, 0.2) is 23.2 Å². The summed E-state index contributed by atoms with van der Waals surface area (Å²) in [5.74, 6) is 0.831. The van der Waals surface area contributed by atoms with Crippen molar-refractivity contribution in [2.75, 3.05) is 24.3 Å². The lowest BCUT2D eigenvalue weighted by Crippen LogP contribution is -2.27. The van der Waals surface area contributed by atoms with Crippen LogP contribution < -0.4 is 5.32 Å². The molecular weight excluding hydrogens is 337 g/mol. The molecule has 0 saturated carbocycles. The molecule has 6 heteroatoms. The first-order valence-corrected chi connectivity index (χ1v) is 10.1. The lowest BCUT2D eigenvalue weighted by atomic mass is 10.1. The van der Waals surface area contributed by atoms with Crippen molar-refractivity contribution >= 4 is 33.4 Å². The van der Waals surface area contributed by atoms with Gasteiger partial charge in [0.2, 0.25) is 0 Å². The summed E-state index contributed by atoms with van der Waals surface area (Å²) in [5, 5.41) is 5.44. The van der Waals surface area contributed by atoms with Gasteiger partial charge in [0, 0.05) is 30.4 Å². The Morgan fingerprint density at radius 2 is 2.16 bits per heavy atom. The first-order valence-electron chi connectivity index (χ1n) is 9.10. The average Bonchev–Trinajstić information content (AvgIpc) is 3.23. The number of H-pyrrole nitrogens is 1. The molecule has 1 aromatic carbocycles. The second-order valence-corrected chi connectivity index (χ2v) is 7.83. The highest BCUT2D eigenvalue weighted by atomic mass is 32.2. The Labute approximate surface area is 151 Å². The molecular formula is C19H24FN3OS. The fourth-order valence-corrected chi connectivity index (χ4v) is 4.62. The van der Waals surface area contributed by atoms with Crippen LogP contribution in [-0.4, -0.2) is 41.1 Å². The molecule has 0 bridgehead atoms. The van der Waals surface area contributed by atoms with Gasteiger partial charge in [0.25, 0.3) is 0 Å². The number of rotatable bonds is 5. The zero-order valence-electron chi connectivity index (χ0n) is 14.5. The van der Waals surface area contributed by atoms with E-state index in [9.17, 15) is 4.39 Å². The SMILES string of the molecule is CCCC1CSC(c2cc3cc(F)cc(NC4CCOCC4)c3[nH]2)=N1. The van der Waals surface area contributed by atoms with E-state index in [4.69, 9.17) is 9.73 Å². The van der Waals surface area contributed by atoms with Gasteiger partial charge in [0.15, 0.2) is 0 Å². The van der Waals surface area contributed by atoms with E-state index < -0.39 is 0 Å². The Morgan fingerprint density at radius 3 is 2.96 bits per heavy atom. The minimum Gasteiger partial charge on any atom is -0.381 e. The maximum absolute atomic E-state index is 14.1. The van der Waals surface area contributed by atoms with Crippen LogP contribution in [0.4, 0.5) is 10.1 Å². The van der Waals surface area contributed by atoms with Crippen LogP contribution in [-0.2, 0) is 4.74 Å². The number of aromatic amines is 1. The molecule has 0 aliphatic carbocycles. The van der Waals surface area contributed by atoms with E-state index >= 15 is 0 Å². The van der Waals surface area contributed by atoms with Crippen LogP contribution in [0.25, 0.3) is 10.9 Å². The van der Waals surface area contributed by atoms with Gasteiger partial charge < -0.3 is 15.0 Å². The number of nitrogens with zero attached hydrogens (tertiary/aromatic N) is 1. The molecule has 0 spiro atoms. The topological polar surface area (TPSA) is 49.4 Å². The van der Waals surface area contributed by atoms with E-state index in [1.54, 1.807) is 23.9 Å². The van der Waals surface area contributed by atoms with E-state index in [-0.39, 0.29) is 5.82 Å². The minimum absolute atomic E-state index is 0.211. The molecule has 2 N–H and O–H groups in total. The van der Waals surface area contributed by atoms with E-state index in [2.05, 4.69) is 17.2 Å². The molecule has 1 saturated heterocycles. The molecule has 1 aromatic heterocycles. The Morgan fingerprint density at radius 1 is 1.32 bits per heavy atom. The molecule has 0 radical (unpaired) electrons. The van der Waals surface area contributed by atoms with Crippen molar-refractivity contribution < 1.29 is 9.13 Å². The fourth-order valence-electron chi connectivity index (χ4n) is 3.54. The molecule has 1 atom stereocenters. The van der Waals surface area contributed by atoms with Crippen LogP contribution in [0.3, 0.4) is 0 Å². The molecule has 4 nitrogen and oxygen atoms in total. The first-order chi connectivity index (χ1) is 12.2. The molecule has 4 rings (SSSR count). The molecule has 1 fully saturated rings. The van der Waals surface area contributed by atoms with Gasteiger partial charge in [-0.15, -0.1) is 11.8 Å². The highest BCUT2D eigenvalue weighted by molar-refractivity contribution is 8.14. The molecule has 3 heterocycles. The fraction of sp³-hybridized carbons (Fsp3) is 0.526. The second-order valence-electron chi connectivity index (χ2n) is 6.82. The van der Waals surface area contributed by atoms with Gasteiger partial charge in [-0.1, -0.05) is 13.3 Å². The van der Waals surface area contributed by atoms with Crippen molar-refractivity contribution in [3.63, 3.8) is 0 Å². The third-order valence-electron chi connectivity index (χ3n) is 4.84. The summed E-state index contributed by atoms with van der Waals surface area (Å²) in [5.41, 5.74) is 2.80. The van der Waals surface area contributed by atoms with Crippen LogP contribution in [0.2, 0.25) is 0 Å². The summed E-state index contributed by atoms with van der Waals surface area (Å²) >= 11 is 1.79. The molecule has 134 valence electrons. The third-order valence-corrected chi connectivity index (χ3v) is 5.99. The Hall–Kier alpha value is -1.53. The van der Waals surface area contributed by atoms with Gasteiger partial charge in [-0.3, -0.25) is 4.99 Å². The van der Waals surface area contributed by atoms with Gasteiger partial charge in [0.05, 0.1) is 22.9 Å². The first kappa shape index (κ1) is 16.9. The number of benzene rings is 1. The molecule has 25 heavy (non-hydrogen) atoms. The smallest absolute Gasteiger partial charge is 0.126 e. The number of hydrogen-bond acceptors (Lipinski definition) is 4. The van der Waals surface area contributed by atoms with Crippen molar-refractivity contribution in [1.29, 1.82) is 0 Å². The number of hydrogen-bond donors (Lipinski definition) is 2. The lowest BCUT2D eigenvalue weighted by molar-refractivity contribution is 0.0905. The number of thioether (sulfide) groups is 1. The average molecular weight is 361 g/mol. The van der Waals surface area contributed by atoms with Crippen LogP contribution >= 0.6 is 11.8 Å². The monoisotopic (exact) mass is 361 g/mol. The van der Waals surface area contributed by atoms with Crippen molar-refractivity contribution in [3.05, 3.63) is 29.7 Å². The summed E-state index contributed by atoms with van der Waals surface area (Å²) < 4.78 is 19.5. The minimum atomic E-state index is -0.211. The van der Waals surface area contributed by atoms with Crippen LogP contribution in [0.1, 0.15) is 38.3 Å². The van der Waals surface area contributed by atoms with Gasteiger partial charge in [-0.05, 0) is 37.5 Å². The van der Waals surface area contributed by atoms with Crippen molar-refractivity contribution in [1.82, 2.24) is 4.98 Å². The number of aliphatic imine (C=N–C) groups is 1. The van der Waals surface area contributed by atoms with Gasteiger partial charge in [0.1, 0.15) is 10.9 Å². The zero-order valence-corrected chi connectivity index (χ0v) is 15.3. The predicted octanol–water partition coefficient (Wildman–Crippen LogP) is 4.56. The predicted molar refractivity (Wildman–Crippen MR) is 103 cm³/mol. The van der Waals surface area contributed by atoms with Crippen LogP contribution in [0, 0.1) is 5.82 Å². The van der Waals surface area contributed by atoms with Gasteiger partial charge in [-0.2, -0.15) is 0 Å². The van der Waals surface area contributed by atoms with Gasteiger partial charge >= 0.3 is 0 Å². The molecule has 2 aromatic rings. The summed E-state index contributed by atoms with van der Waals surface area (Å²) in [4.78, 5) is 8.30. The summed E-state index contributed by atoms with van der Waals surface area (Å²) in [6, 6.07) is 5.94. The molecule has 2 aliphatic rings. The van der Waals surface area contributed by atoms with Crippen LogP contribution in [0.5, 0.6) is 0 Å². The maximum atomic E-state index is 14.1. The number of halogens is 1. The highest BCUT2D eigenvalue weighted by Crippen LogP contribution is 2.31. The number of ether oxygens (including phenoxy) is 1. The molecule has 0 amide bonds. The third kappa shape index (κ3) is 3.70. The Bertz CT molecular complexity index is 782.